The van der Waals surface area contributed by atoms with E-state index in [-0.39, 0.29) is 5.97 Å². The van der Waals surface area contributed by atoms with Crippen LogP contribution in [0.2, 0.25) is 0 Å². The molecule has 0 unspecified atom stereocenters. The average Bonchev–Trinajstić information content (AvgIpc) is 2.43. The van der Waals surface area contributed by atoms with Crippen LogP contribution in [0.1, 0.15) is 57.1 Å². The SMILES string of the molecule is CCCCCCc1ccc(CCC(=O)OCC)cc1. The van der Waals surface area contributed by atoms with Crippen LogP contribution < -0.4 is 0 Å². The lowest BCUT2D eigenvalue weighted by Crippen LogP contribution is -2.05. The van der Waals surface area contributed by atoms with Gasteiger partial charge >= 0.3 is 5.97 Å². The highest BCUT2D eigenvalue weighted by Crippen LogP contribution is 2.11. The number of benzene rings is 1. The number of carbonyl (C=O) groups excluding carboxylic acids is 1. The Morgan fingerprint density at radius 1 is 0.947 bits per heavy atom. The van der Waals surface area contributed by atoms with Crippen molar-refractivity contribution in [3.63, 3.8) is 0 Å². The number of hydrogen-bond donors (Lipinski definition) is 0. The zero-order valence-electron chi connectivity index (χ0n) is 12.3. The molecular formula is C17H26O2. The fourth-order valence-corrected chi connectivity index (χ4v) is 2.11. The molecule has 0 spiro atoms. The number of unbranched alkanes of at least 4 members (excludes halogenated alkanes) is 3. The van der Waals surface area contributed by atoms with Crippen LogP contribution in [0, 0.1) is 0 Å². The van der Waals surface area contributed by atoms with E-state index in [2.05, 4.69) is 31.2 Å². The molecule has 0 amide bonds. The summed E-state index contributed by atoms with van der Waals surface area (Å²) in [7, 11) is 0. The number of rotatable bonds is 9. The third-order valence-corrected chi connectivity index (χ3v) is 3.27. The molecule has 19 heavy (non-hydrogen) atoms. The van der Waals surface area contributed by atoms with E-state index in [9.17, 15) is 4.79 Å². The van der Waals surface area contributed by atoms with Crippen LogP contribution in [-0.4, -0.2) is 12.6 Å². The molecule has 0 aliphatic rings. The van der Waals surface area contributed by atoms with Gasteiger partial charge < -0.3 is 4.74 Å². The van der Waals surface area contributed by atoms with Gasteiger partial charge in [-0.1, -0.05) is 50.5 Å². The second-order valence-corrected chi connectivity index (χ2v) is 4.93. The summed E-state index contributed by atoms with van der Waals surface area (Å²) in [5.41, 5.74) is 2.61. The number of hydrogen-bond acceptors (Lipinski definition) is 2. The summed E-state index contributed by atoms with van der Waals surface area (Å²) in [6, 6.07) is 8.64. The molecule has 0 fully saturated rings. The lowest BCUT2D eigenvalue weighted by atomic mass is 10.0. The summed E-state index contributed by atoms with van der Waals surface area (Å²) in [6.45, 7) is 4.54. The fourth-order valence-electron chi connectivity index (χ4n) is 2.11. The maximum absolute atomic E-state index is 11.3. The first kappa shape index (κ1) is 15.7. The van der Waals surface area contributed by atoms with Crippen LogP contribution in [0.5, 0.6) is 0 Å². The first-order valence-electron chi connectivity index (χ1n) is 7.49. The minimum atomic E-state index is -0.105. The van der Waals surface area contributed by atoms with Crippen molar-refractivity contribution in [3.8, 4) is 0 Å². The molecule has 0 radical (unpaired) electrons. The third kappa shape index (κ3) is 7.00. The van der Waals surface area contributed by atoms with Crippen molar-refractivity contribution in [2.75, 3.05) is 6.61 Å². The molecule has 1 rings (SSSR count). The van der Waals surface area contributed by atoms with Crippen molar-refractivity contribution in [1.82, 2.24) is 0 Å². The Balaban J connectivity index is 2.29. The predicted octanol–water partition coefficient (Wildman–Crippen LogP) is 4.31. The van der Waals surface area contributed by atoms with Gasteiger partial charge in [0.1, 0.15) is 0 Å². The monoisotopic (exact) mass is 262 g/mol. The minimum absolute atomic E-state index is 0.105. The molecule has 0 N–H and O–H groups in total. The summed E-state index contributed by atoms with van der Waals surface area (Å²) < 4.78 is 4.92. The van der Waals surface area contributed by atoms with Gasteiger partial charge in [0.2, 0.25) is 0 Å². The molecule has 106 valence electrons. The summed E-state index contributed by atoms with van der Waals surface area (Å²) in [6.07, 6.45) is 7.62. The molecule has 1 aromatic carbocycles. The van der Waals surface area contributed by atoms with Crippen LogP contribution in [0.25, 0.3) is 0 Å². The molecule has 0 heterocycles. The van der Waals surface area contributed by atoms with E-state index in [0.717, 1.165) is 12.8 Å². The largest absolute Gasteiger partial charge is 0.466 e. The normalized spacial score (nSPS) is 10.4. The smallest absolute Gasteiger partial charge is 0.306 e. The van der Waals surface area contributed by atoms with Crippen molar-refractivity contribution in [1.29, 1.82) is 0 Å². The third-order valence-electron chi connectivity index (χ3n) is 3.27. The Hall–Kier alpha value is -1.31. The van der Waals surface area contributed by atoms with E-state index in [1.54, 1.807) is 0 Å². The van der Waals surface area contributed by atoms with Crippen molar-refractivity contribution in [3.05, 3.63) is 35.4 Å². The second kappa shape index (κ2) is 9.60. The number of carbonyl (C=O) groups is 1. The Morgan fingerprint density at radius 2 is 1.58 bits per heavy atom. The van der Waals surface area contributed by atoms with Crippen LogP contribution in [0.3, 0.4) is 0 Å². The number of ether oxygens (including phenoxy) is 1. The number of esters is 1. The first-order chi connectivity index (χ1) is 9.26. The highest BCUT2D eigenvalue weighted by molar-refractivity contribution is 5.69. The molecular weight excluding hydrogens is 236 g/mol. The van der Waals surface area contributed by atoms with Crippen molar-refractivity contribution < 1.29 is 9.53 Å². The molecule has 0 atom stereocenters. The lowest BCUT2D eigenvalue weighted by Gasteiger charge is -2.05. The van der Waals surface area contributed by atoms with Gasteiger partial charge in [0.25, 0.3) is 0 Å². The molecule has 0 saturated heterocycles. The predicted molar refractivity (Wildman–Crippen MR) is 79.2 cm³/mol. The van der Waals surface area contributed by atoms with Crippen molar-refractivity contribution in [2.24, 2.45) is 0 Å². The molecule has 0 saturated carbocycles. The molecule has 2 heteroatoms. The minimum Gasteiger partial charge on any atom is -0.466 e. The highest BCUT2D eigenvalue weighted by atomic mass is 16.5. The molecule has 0 bridgehead atoms. The molecule has 0 aliphatic carbocycles. The summed E-state index contributed by atoms with van der Waals surface area (Å²) >= 11 is 0. The Bertz CT molecular complexity index is 354. The Kier molecular flexibility index (Phi) is 7.95. The van der Waals surface area contributed by atoms with Crippen LogP contribution in [0.15, 0.2) is 24.3 Å². The van der Waals surface area contributed by atoms with Gasteiger partial charge in [0, 0.05) is 6.42 Å². The summed E-state index contributed by atoms with van der Waals surface area (Å²) in [4.78, 5) is 11.3. The van der Waals surface area contributed by atoms with Gasteiger partial charge in [-0.15, -0.1) is 0 Å². The zero-order valence-corrected chi connectivity index (χ0v) is 12.3. The standard InChI is InChI=1S/C17H26O2/c1-3-5-6-7-8-15-9-11-16(12-10-15)13-14-17(18)19-4-2/h9-12H,3-8,13-14H2,1-2H3. The van der Waals surface area contributed by atoms with Crippen LogP contribution in [-0.2, 0) is 22.4 Å². The van der Waals surface area contributed by atoms with Crippen LogP contribution >= 0.6 is 0 Å². The quantitative estimate of drug-likeness (QED) is 0.490. The summed E-state index contributed by atoms with van der Waals surface area (Å²) in [5.74, 6) is -0.105. The van der Waals surface area contributed by atoms with Gasteiger partial charge in [-0.25, -0.2) is 0 Å². The Labute approximate surface area is 117 Å². The first-order valence-corrected chi connectivity index (χ1v) is 7.49. The van der Waals surface area contributed by atoms with Gasteiger partial charge in [-0.2, -0.15) is 0 Å². The molecule has 0 aromatic heterocycles. The van der Waals surface area contributed by atoms with E-state index in [1.165, 1.54) is 36.8 Å². The van der Waals surface area contributed by atoms with Crippen molar-refractivity contribution >= 4 is 5.97 Å². The lowest BCUT2D eigenvalue weighted by molar-refractivity contribution is -0.143. The zero-order chi connectivity index (χ0) is 13.9. The average molecular weight is 262 g/mol. The van der Waals surface area contributed by atoms with Gasteiger partial charge in [0.05, 0.1) is 6.61 Å². The molecule has 2 nitrogen and oxygen atoms in total. The molecule has 1 aromatic rings. The van der Waals surface area contributed by atoms with Crippen LogP contribution in [0.4, 0.5) is 0 Å². The van der Waals surface area contributed by atoms with Crippen molar-refractivity contribution in [2.45, 2.75) is 58.8 Å². The maximum Gasteiger partial charge on any atom is 0.306 e. The topological polar surface area (TPSA) is 26.3 Å². The van der Waals surface area contributed by atoms with E-state index < -0.39 is 0 Å². The molecule has 0 aliphatic heterocycles. The van der Waals surface area contributed by atoms with E-state index in [0.29, 0.717) is 13.0 Å². The van der Waals surface area contributed by atoms with E-state index in [4.69, 9.17) is 4.74 Å². The Morgan fingerprint density at radius 3 is 2.16 bits per heavy atom. The van der Waals surface area contributed by atoms with Gasteiger partial charge in [0.15, 0.2) is 0 Å². The van der Waals surface area contributed by atoms with Gasteiger partial charge in [-0.3, -0.25) is 4.79 Å². The van der Waals surface area contributed by atoms with E-state index >= 15 is 0 Å². The number of aryl methyl sites for hydroxylation is 2. The fraction of sp³-hybridized carbons (Fsp3) is 0.588. The van der Waals surface area contributed by atoms with Gasteiger partial charge in [-0.05, 0) is 37.3 Å². The second-order valence-electron chi connectivity index (χ2n) is 4.93. The van der Waals surface area contributed by atoms with E-state index in [1.807, 2.05) is 6.92 Å². The highest BCUT2D eigenvalue weighted by Gasteiger charge is 2.02. The maximum atomic E-state index is 11.3. The summed E-state index contributed by atoms with van der Waals surface area (Å²) in [5, 5.41) is 0.